The normalized spacial score (nSPS) is 13.6. The minimum Gasteiger partial charge on any atom is -0.0654 e. The minimum atomic E-state index is 0.951. The van der Waals surface area contributed by atoms with E-state index < -0.39 is 0 Å². The van der Waals surface area contributed by atoms with E-state index in [1.165, 1.54) is 44.9 Å². The quantitative estimate of drug-likeness (QED) is 0.464. The van der Waals surface area contributed by atoms with E-state index in [2.05, 4.69) is 27.7 Å². The van der Waals surface area contributed by atoms with Crippen LogP contribution in [0.3, 0.4) is 0 Å². The molecule has 13 heavy (non-hydrogen) atoms. The fourth-order valence-corrected chi connectivity index (χ4v) is 2.22. The van der Waals surface area contributed by atoms with Crippen molar-refractivity contribution in [1.82, 2.24) is 0 Å². The van der Waals surface area contributed by atoms with Crippen molar-refractivity contribution in [3.05, 3.63) is 0 Å². The van der Waals surface area contributed by atoms with Crippen LogP contribution < -0.4 is 0 Å². The molecule has 0 amide bonds. The summed E-state index contributed by atoms with van der Waals surface area (Å²) in [5.74, 6) is 1.92. The van der Waals surface area contributed by atoms with Crippen LogP contribution in [-0.4, -0.2) is 0 Å². The third-order valence-corrected chi connectivity index (χ3v) is 3.37. The first-order valence-electron chi connectivity index (χ1n) is 6.26. The average molecular weight is 184 g/mol. The summed E-state index contributed by atoms with van der Waals surface area (Å²) >= 11 is 0. The maximum absolute atomic E-state index is 2.43. The Bertz CT molecular complexity index is 92.2. The molecule has 0 radical (unpaired) electrons. The summed E-state index contributed by atoms with van der Waals surface area (Å²) in [4.78, 5) is 0. The molecule has 0 aromatic rings. The molecule has 0 aliphatic carbocycles. The molecule has 80 valence electrons. The Morgan fingerprint density at radius 2 is 1.46 bits per heavy atom. The molecule has 0 nitrogen and oxygen atoms in total. The van der Waals surface area contributed by atoms with Gasteiger partial charge in [0.2, 0.25) is 0 Å². The molecule has 0 saturated carbocycles. The lowest BCUT2D eigenvalue weighted by molar-refractivity contribution is 0.309. The highest BCUT2D eigenvalue weighted by Gasteiger charge is 2.12. The van der Waals surface area contributed by atoms with Crippen LogP contribution in [0.5, 0.6) is 0 Å². The van der Waals surface area contributed by atoms with Crippen LogP contribution in [0.25, 0.3) is 0 Å². The monoisotopic (exact) mass is 184 g/mol. The van der Waals surface area contributed by atoms with E-state index in [-0.39, 0.29) is 0 Å². The Morgan fingerprint density at radius 3 is 1.92 bits per heavy atom. The summed E-state index contributed by atoms with van der Waals surface area (Å²) in [6.07, 6.45) is 9.87. The molecule has 0 fully saturated rings. The van der Waals surface area contributed by atoms with Crippen molar-refractivity contribution >= 4 is 0 Å². The van der Waals surface area contributed by atoms with Crippen LogP contribution in [0.1, 0.15) is 72.6 Å². The van der Waals surface area contributed by atoms with E-state index >= 15 is 0 Å². The second-order valence-electron chi connectivity index (χ2n) is 4.40. The van der Waals surface area contributed by atoms with Gasteiger partial charge in [-0.25, -0.2) is 0 Å². The SMILES string of the molecule is CCCCCCC(C)C(CC)CC. The van der Waals surface area contributed by atoms with Gasteiger partial charge in [-0.05, 0) is 11.8 Å². The summed E-state index contributed by atoms with van der Waals surface area (Å²) < 4.78 is 0. The van der Waals surface area contributed by atoms with Crippen LogP contribution in [-0.2, 0) is 0 Å². The predicted octanol–water partition coefficient (Wildman–Crippen LogP) is 5.03. The average Bonchev–Trinajstić information content (AvgIpc) is 2.14. The summed E-state index contributed by atoms with van der Waals surface area (Å²) in [7, 11) is 0. The molecule has 0 aliphatic rings. The lowest BCUT2D eigenvalue weighted by atomic mass is 9.85. The Hall–Kier alpha value is 0. The highest BCUT2D eigenvalue weighted by molar-refractivity contribution is 4.63. The van der Waals surface area contributed by atoms with Gasteiger partial charge in [0.15, 0.2) is 0 Å². The topological polar surface area (TPSA) is 0 Å². The summed E-state index contributed by atoms with van der Waals surface area (Å²) in [5.41, 5.74) is 0. The summed E-state index contributed by atoms with van der Waals surface area (Å²) in [6.45, 7) is 9.38. The van der Waals surface area contributed by atoms with Gasteiger partial charge in [-0.2, -0.15) is 0 Å². The lowest BCUT2D eigenvalue weighted by Crippen LogP contribution is -2.09. The molecule has 1 unspecified atom stereocenters. The molecule has 0 aromatic carbocycles. The molecule has 0 aromatic heterocycles. The molecule has 0 spiro atoms. The van der Waals surface area contributed by atoms with E-state index in [1.54, 1.807) is 0 Å². The molecular formula is C13H28. The second kappa shape index (κ2) is 8.59. The predicted molar refractivity (Wildman–Crippen MR) is 62.0 cm³/mol. The van der Waals surface area contributed by atoms with Crippen LogP contribution in [0.4, 0.5) is 0 Å². The Balaban J connectivity index is 3.42. The van der Waals surface area contributed by atoms with Crippen molar-refractivity contribution in [1.29, 1.82) is 0 Å². The first-order valence-corrected chi connectivity index (χ1v) is 6.26. The van der Waals surface area contributed by atoms with Crippen molar-refractivity contribution in [2.45, 2.75) is 72.6 Å². The number of hydrogen-bond acceptors (Lipinski definition) is 0. The number of rotatable bonds is 8. The van der Waals surface area contributed by atoms with E-state index in [1.807, 2.05) is 0 Å². The molecule has 0 rings (SSSR count). The van der Waals surface area contributed by atoms with Crippen molar-refractivity contribution < 1.29 is 0 Å². The molecule has 0 aliphatic heterocycles. The van der Waals surface area contributed by atoms with Crippen LogP contribution in [0.15, 0.2) is 0 Å². The largest absolute Gasteiger partial charge is 0.0654 e. The Labute approximate surface area is 85.1 Å². The van der Waals surface area contributed by atoms with Gasteiger partial charge in [-0.15, -0.1) is 0 Å². The maximum atomic E-state index is 2.43. The highest BCUT2D eigenvalue weighted by atomic mass is 14.2. The Kier molecular flexibility index (Phi) is 8.59. The molecule has 1 atom stereocenters. The third-order valence-electron chi connectivity index (χ3n) is 3.37. The minimum absolute atomic E-state index is 0.951. The first-order chi connectivity index (χ1) is 6.26. The molecule has 0 saturated heterocycles. The standard InChI is InChI=1S/C13H28/c1-5-8-9-10-11-12(4)13(6-2)7-3/h12-13H,5-11H2,1-4H3. The van der Waals surface area contributed by atoms with Crippen molar-refractivity contribution in [2.75, 3.05) is 0 Å². The van der Waals surface area contributed by atoms with Crippen LogP contribution in [0.2, 0.25) is 0 Å². The molecule has 0 bridgehead atoms. The first kappa shape index (κ1) is 13.0. The zero-order valence-electron chi connectivity index (χ0n) is 10.1. The van der Waals surface area contributed by atoms with Crippen LogP contribution >= 0.6 is 0 Å². The van der Waals surface area contributed by atoms with Crippen molar-refractivity contribution in [3.8, 4) is 0 Å². The molecule has 0 heteroatoms. The van der Waals surface area contributed by atoms with Gasteiger partial charge < -0.3 is 0 Å². The zero-order chi connectivity index (χ0) is 10.1. The van der Waals surface area contributed by atoms with Gasteiger partial charge >= 0.3 is 0 Å². The molecule has 0 N–H and O–H groups in total. The number of unbranched alkanes of at least 4 members (excludes halogenated alkanes) is 3. The highest BCUT2D eigenvalue weighted by Crippen LogP contribution is 2.24. The van der Waals surface area contributed by atoms with E-state index in [0.717, 1.165) is 11.8 Å². The maximum Gasteiger partial charge on any atom is -0.0394 e. The summed E-state index contributed by atoms with van der Waals surface area (Å²) in [5, 5.41) is 0. The van der Waals surface area contributed by atoms with E-state index in [0.29, 0.717) is 0 Å². The molecule has 0 heterocycles. The number of hydrogen-bond donors (Lipinski definition) is 0. The fraction of sp³-hybridized carbons (Fsp3) is 1.00. The Morgan fingerprint density at radius 1 is 0.846 bits per heavy atom. The fourth-order valence-electron chi connectivity index (χ4n) is 2.22. The zero-order valence-corrected chi connectivity index (χ0v) is 10.1. The van der Waals surface area contributed by atoms with Crippen molar-refractivity contribution in [3.63, 3.8) is 0 Å². The van der Waals surface area contributed by atoms with Gasteiger partial charge in [-0.1, -0.05) is 72.6 Å². The van der Waals surface area contributed by atoms with E-state index in [4.69, 9.17) is 0 Å². The second-order valence-corrected chi connectivity index (χ2v) is 4.40. The van der Waals surface area contributed by atoms with Crippen molar-refractivity contribution in [2.24, 2.45) is 11.8 Å². The van der Waals surface area contributed by atoms with Gasteiger partial charge in [0.25, 0.3) is 0 Å². The summed E-state index contributed by atoms with van der Waals surface area (Å²) in [6, 6.07) is 0. The smallest absolute Gasteiger partial charge is 0.0394 e. The van der Waals surface area contributed by atoms with Gasteiger partial charge in [0.05, 0.1) is 0 Å². The van der Waals surface area contributed by atoms with Gasteiger partial charge in [-0.3, -0.25) is 0 Å². The van der Waals surface area contributed by atoms with Crippen LogP contribution in [0, 0.1) is 11.8 Å². The third kappa shape index (κ3) is 6.12. The van der Waals surface area contributed by atoms with Gasteiger partial charge in [0.1, 0.15) is 0 Å². The van der Waals surface area contributed by atoms with E-state index in [9.17, 15) is 0 Å². The molecular weight excluding hydrogens is 156 g/mol. The lowest BCUT2D eigenvalue weighted by Gasteiger charge is -2.20. The van der Waals surface area contributed by atoms with Gasteiger partial charge in [0, 0.05) is 0 Å².